The van der Waals surface area contributed by atoms with Gasteiger partial charge in [0.25, 0.3) is 11.8 Å². The van der Waals surface area contributed by atoms with Crippen LogP contribution in [0, 0.1) is 5.92 Å². The number of piperidine rings is 1. The second kappa shape index (κ2) is 8.63. The summed E-state index contributed by atoms with van der Waals surface area (Å²) in [6.07, 6.45) is 1.96. The minimum absolute atomic E-state index is 0.334. The Morgan fingerprint density at radius 3 is 2.03 bits per heavy atom. The zero-order valence-electron chi connectivity index (χ0n) is 17.9. The molecule has 0 spiro atoms. The maximum Gasteiger partial charge on any atom is 0.282 e. The van der Waals surface area contributed by atoms with Gasteiger partial charge in [0.2, 0.25) is 0 Å². The van der Waals surface area contributed by atoms with Crippen LogP contribution in [0.3, 0.4) is 0 Å². The number of carbonyl (C=O) groups excluding carboxylic acids is 2. The summed E-state index contributed by atoms with van der Waals surface area (Å²) in [7, 11) is 3.06. The smallest absolute Gasteiger partial charge is 0.282 e. The van der Waals surface area contributed by atoms with E-state index in [1.165, 1.54) is 19.1 Å². The number of carbonyl (C=O) groups is 2. The zero-order valence-corrected chi connectivity index (χ0v) is 18.6. The molecule has 0 bridgehead atoms. The summed E-state index contributed by atoms with van der Waals surface area (Å²) in [5.74, 6) is 0.907. The number of hydrogen-bond acceptors (Lipinski definition) is 5. The SMILES string of the molecule is COc1cc(OC)cc(N2C(=O)C(c3ccc(Cl)cc3)=C(N3CCC(C)CC3)C2=O)c1. The number of halogens is 1. The quantitative estimate of drug-likeness (QED) is 0.646. The van der Waals surface area contributed by atoms with Crippen LogP contribution in [0.5, 0.6) is 11.5 Å². The molecule has 2 amide bonds. The van der Waals surface area contributed by atoms with Crippen molar-refractivity contribution in [3.05, 3.63) is 58.7 Å². The van der Waals surface area contributed by atoms with Gasteiger partial charge in [-0.15, -0.1) is 0 Å². The van der Waals surface area contributed by atoms with Crippen molar-refractivity contribution < 1.29 is 19.1 Å². The van der Waals surface area contributed by atoms with Crippen LogP contribution in [0.15, 0.2) is 48.2 Å². The van der Waals surface area contributed by atoms with E-state index in [9.17, 15) is 9.59 Å². The number of rotatable bonds is 5. The van der Waals surface area contributed by atoms with Gasteiger partial charge < -0.3 is 14.4 Å². The summed E-state index contributed by atoms with van der Waals surface area (Å²) in [5, 5.41) is 0.573. The lowest BCUT2D eigenvalue weighted by atomic mass is 9.97. The number of benzene rings is 2. The molecule has 2 heterocycles. The van der Waals surface area contributed by atoms with Gasteiger partial charge in [0.1, 0.15) is 17.2 Å². The average Bonchev–Trinajstić information content (AvgIpc) is 3.04. The van der Waals surface area contributed by atoms with Gasteiger partial charge in [-0.05, 0) is 36.5 Å². The fourth-order valence-electron chi connectivity index (χ4n) is 4.08. The summed E-state index contributed by atoms with van der Waals surface area (Å²) in [4.78, 5) is 30.5. The minimum atomic E-state index is -0.365. The van der Waals surface area contributed by atoms with Gasteiger partial charge in [0, 0.05) is 36.3 Å². The molecule has 6 nitrogen and oxygen atoms in total. The number of nitrogens with zero attached hydrogens (tertiary/aromatic N) is 2. The van der Waals surface area contributed by atoms with Gasteiger partial charge in [-0.3, -0.25) is 9.59 Å². The Balaban J connectivity index is 1.81. The van der Waals surface area contributed by atoms with Gasteiger partial charge in [0.15, 0.2) is 0 Å². The molecule has 0 N–H and O–H groups in total. The summed E-state index contributed by atoms with van der Waals surface area (Å²) in [5.41, 5.74) is 1.94. The number of ether oxygens (including phenoxy) is 2. The lowest BCUT2D eigenvalue weighted by Crippen LogP contribution is -2.38. The molecule has 1 fully saturated rings. The molecule has 162 valence electrons. The Morgan fingerprint density at radius 1 is 0.903 bits per heavy atom. The Kier molecular flexibility index (Phi) is 5.92. The molecule has 2 aliphatic rings. The lowest BCUT2D eigenvalue weighted by Gasteiger charge is -2.32. The monoisotopic (exact) mass is 440 g/mol. The van der Waals surface area contributed by atoms with E-state index in [4.69, 9.17) is 21.1 Å². The van der Waals surface area contributed by atoms with E-state index in [1.54, 1.807) is 42.5 Å². The van der Waals surface area contributed by atoms with Crippen LogP contribution in [0.4, 0.5) is 5.69 Å². The Bertz CT molecular complexity index is 1020. The van der Waals surface area contributed by atoms with Crippen molar-refractivity contribution >= 4 is 34.7 Å². The third-order valence-corrected chi connectivity index (χ3v) is 6.14. The molecular weight excluding hydrogens is 416 g/mol. The minimum Gasteiger partial charge on any atom is -0.497 e. The molecule has 0 saturated carbocycles. The van der Waals surface area contributed by atoms with Gasteiger partial charge in [-0.2, -0.15) is 0 Å². The predicted molar refractivity (Wildman–Crippen MR) is 120 cm³/mol. The van der Waals surface area contributed by atoms with E-state index in [0.717, 1.165) is 25.9 Å². The predicted octanol–water partition coefficient (Wildman–Crippen LogP) is 4.37. The van der Waals surface area contributed by atoms with Gasteiger partial charge in [-0.1, -0.05) is 30.7 Å². The van der Waals surface area contributed by atoms with E-state index in [-0.39, 0.29) is 11.8 Å². The molecule has 2 aromatic rings. The molecule has 2 aromatic carbocycles. The lowest BCUT2D eigenvalue weighted by molar-refractivity contribution is -0.120. The highest BCUT2D eigenvalue weighted by Gasteiger charge is 2.43. The molecular formula is C24H25ClN2O4. The molecule has 0 aromatic heterocycles. The van der Waals surface area contributed by atoms with Crippen LogP contribution in [0.2, 0.25) is 5.02 Å². The number of imide groups is 1. The Hall–Kier alpha value is -2.99. The summed E-state index contributed by atoms with van der Waals surface area (Å²) in [6, 6.07) is 12.1. The highest BCUT2D eigenvalue weighted by molar-refractivity contribution is 6.45. The van der Waals surface area contributed by atoms with Crippen molar-refractivity contribution in [2.75, 3.05) is 32.2 Å². The largest absolute Gasteiger partial charge is 0.497 e. The van der Waals surface area contributed by atoms with E-state index >= 15 is 0 Å². The maximum absolute atomic E-state index is 13.6. The molecule has 7 heteroatoms. The summed E-state index contributed by atoms with van der Waals surface area (Å²) in [6.45, 7) is 3.69. The zero-order chi connectivity index (χ0) is 22.1. The van der Waals surface area contributed by atoms with E-state index in [0.29, 0.717) is 45.0 Å². The molecule has 0 atom stereocenters. The van der Waals surface area contributed by atoms with E-state index < -0.39 is 0 Å². The number of methoxy groups -OCH3 is 2. The first-order valence-electron chi connectivity index (χ1n) is 10.3. The topological polar surface area (TPSA) is 59.1 Å². The van der Waals surface area contributed by atoms with Gasteiger partial charge >= 0.3 is 0 Å². The fourth-order valence-corrected chi connectivity index (χ4v) is 4.20. The van der Waals surface area contributed by atoms with Crippen LogP contribution in [0.1, 0.15) is 25.3 Å². The second-order valence-corrected chi connectivity index (χ2v) is 8.35. The Labute approximate surface area is 187 Å². The van der Waals surface area contributed by atoms with Crippen LogP contribution in [0.25, 0.3) is 5.57 Å². The number of hydrogen-bond donors (Lipinski definition) is 0. The van der Waals surface area contributed by atoms with Crippen molar-refractivity contribution in [1.82, 2.24) is 4.90 Å². The molecule has 0 radical (unpaired) electrons. The molecule has 1 saturated heterocycles. The van der Waals surface area contributed by atoms with E-state index in [1.807, 2.05) is 4.90 Å². The first-order valence-corrected chi connectivity index (χ1v) is 10.7. The second-order valence-electron chi connectivity index (χ2n) is 7.92. The molecule has 0 aliphatic carbocycles. The highest BCUT2D eigenvalue weighted by Crippen LogP contribution is 2.38. The van der Waals surface area contributed by atoms with Crippen LogP contribution in [-0.2, 0) is 9.59 Å². The van der Waals surface area contributed by atoms with E-state index in [2.05, 4.69) is 6.92 Å². The third kappa shape index (κ3) is 4.00. The number of amides is 2. The van der Waals surface area contributed by atoms with Crippen LogP contribution >= 0.6 is 11.6 Å². The highest BCUT2D eigenvalue weighted by atomic mass is 35.5. The molecule has 31 heavy (non-hydrogen) atoms. The van der Waals surface area contributed by atoms with Crippen molar-refractivity contribution in [3.63, 3.8) is 0 Å². The maximum atomic E-state index is 13.6. The number of anilines is 1. The third-order valence-electron chi connectivity index (χ3n) is 5.89. The first kappa shape index (κ1) is 21.2. The summed E-state index contributed by atoms with van der Waals surface area (Å²) >= 11 is 6.06. The first-order chi connectivity index (χ1) is 14.9. The summed E-state index contributed by atoms with van der Waals surface area (Å²) < 4.78 is 10.7. The van der Waals surface area contributed by atoms with Crippen molar-refractivity contribution in [3.8, 4) is 11.5 Å². The van der Waals surface area contributed by atoms with Crippen LogP contribution in [-0.4, -0.2) is 44.0 Å². The standard InChI is InChI=1S/C24H25ClN2O4/c1-15-8-10-26(11-9-15)22-21(16-4-6-17(25)7-5-16)23(28)27(24(22)29)18-12-19(30-2)14-20(13-18)31-3/h4-7,12-15H,8-11H2,1-3H3. The normalized spacial score (nSPS) is 17.5. The van der Waals surface area contributed by atoms with Gasteiger partial charge in [-0.25, -0.2) is 4.90 Å². The van der Waals surface area contributed by atoms with Gasteiger partial charge in [0.05, 0.1) is 25.5 Å². The van der Waals surface area contributed by atoms with Crippen molar-refractivity contribution in [2.24, 2.45) is 5.92 Å². The van der Waals surface area contributed by atoms with Crippen LogP contribution < -0.4 is 14.4 Å². The van der Waals surface area contributed by atoms with Crippen molar-refractivity contribution in [2.45, 2.75) is 19.8 Å². The molecule has 2 aliphatic heterocycles. The number of likely N-dealkylation sites (tertiary alicyclic amines) is 1. The van der Waals surface area contributed by atoms with Crippen molar-refractivity contribution in [1.29, 1.82) is 0 Å². The Morgan fingerprint density at radius 2 is 1.48 bits per heavy atom. The average molecular weight is 441 g/mol. The molecule has 4 rings (SSSR count). The fraction of sp³-hybridized carbons (Fsp3) is 0.333. The molecule has 0 unspecified atom stereocenters.